The van der Waals surface area contributed by atoms with Crippen molar-refractivity contribution in [2.75, 3.05) is 13.2 Å². The first-order valence-corrected chi connectivity index (χ1v) is 5.61. The van der Waals surface area contributed by atoms with Crippen molar-refractivity contribution in [3.05, 3.63) is 18.3 Å². The minimum absolute atomic E-state index is 0.420. The molecule has 5 nitrogen and oxygen atoms in total. The van der Waals surface area contributed by atoms with Crippen molar-refractivity contribution in [2.45, 2.75) is 26.4 Å². The second kappa shape index (κ2) is 4.54. The second-order valence-electron chi connectivity index (χ2n) is 4.86. The number of rotatable bonds is 1. The van der Waals surface area contributed by atoms with Crippen molar-refractivity contribution in [3.8, 4) is 0 Å². The first-order valence-electron chi connectivity index (χ1n) is 5.61. The lowest BCUT2D eigenvalue weighted by Crippen LogP contribution is -2.41. The molecule has 0 spiro atoms. The third-order valence-corrected chi connectivity index (χ3v) is 2.23. The lowest BCUT2D eigenvalue weighted by molar-refractivity contribution is 0.0541. The highest BCUT2D eigenvalue weighted by molar-refractivity contribution is 6.61. The van der Waals surface area contributed by atoms with Crippen LogP contribution in [-0.4, -0.2) is 36.6 Å². The quantitative estimate of drug-likeness (QED) is 0.684. The van der Waals surface area contributed by atoms with Gasteiger partial charge < -0.3 is 14.0 Å². The van der Waals surface area contributed by atoms with Crippen molar-refractivity contribution in [3.63, 3.8) is 0 Å². The van der Waals surface area contributed by atoms with Gasteiger partial charge in [-0.15, -0.1) is 0 Å². The van der Waals surface area contributed by atoms with Crippen LogP contribution in [-0.2, 0) is 14.0 Å². The van der Waals surface area contributed by atoms with Crippen molar-refractivity contribution in [1.82, 2.24) is 4.57 Å². The predicted octanol–water partition coefficient (Wildman–Crippen LogP) is 1.01. The smallest absolute Gasteiger partial charge is 0.443 e. The van der Waals surface area contributed by atoms with Crippen molar-refractivity contribution in [1.29, 1.82) is 0 Å². The number of hydrogen-bond acceptors (Lipinski definition) is 4. The summed E-state index contributed by atoms with van der Waals surface area (Å²) < 4.78 is 17.4. The molecule has 0 saturated carbocycles. The molecule has 0 amide bonds. The minimum Gasteiger partial charge on any atom is -0.443 e. The number of aromatic nitrogens is 1. The molecule has 2 rings (SSSR count). The van der Waals surface area contributed by atoms with Gasteiger partial charge in [0.1, 0.15) is 5.60 Å². The molecule has 1 saturated heterocycles. The van der Waals surface area contributed by atoms with Crippen LogP contribution in [0.15, 0.2) is 18.3 Å². The third kappa shape index (κ3) is 2.89. The summed E-state index contributed by atoms with van der Waals surface area (Å²) in [5.74, 6) is 0. The van der Waals surface area contributed by atoms with E-state index in [0.717, 1.165) is 0 Å². The summed E-state index contributed by atoms with van der Waals surface area (Å²) in [6, 6.07) is 3.56. The largest absolute Gasteiger partial charge is 0.512 e. The Labute approximate surface area is 101 Å². The molecule has 1 aliphatic heterocycles. The molecule has 1 aromatic rings. The standard InChI is InChI=1S/C11H16BNO4/c1-11(2,3)17-10(14)13-6-4-5-9(13)12-15-7-8-16-12/h4-6H,7-8H2,1-3H3. The summed E-state index contributed by atoms with van der Waals surface area (Å²) in [5.41, 5.74) is 0.146. The van der Waals surface area contributed by atoms with E-state index < -0.39 is 18.8 Å². The van der Waals surface area contributed by atoms with Crippen LogP contribution in [0.1, 0.15) is 20.8 Å². The summed E-state index contributed by atoms with van der Waals surface area (Å²) >= 11 is 0. The highest BCUT2D eigenvalue weighted by Crippen LogP contribution is 2.09. The maximum Gasteiger partial charge on any atom is 0.512 e. The van der Waals surface area contributed by atoms with Gasteiger partial charge in [0.2, 0.25) is 0 Å². The molecule has 0 bridgehead atoms. The van der Waals surface area contributed by atoms with Crippen molar-refractivity contribution < 1.29 is 18.8 Å². The highest BCUT2D eigenvalue weighted by Gasteiger charge is 2.31. The van der Waals surface area contributed by atoms with Gasteiger partial charge in [-0.3, -0.25) is 4.57 Å². The maximum absolute atomic E-state index is 11.9. The normalized spacial score (nSPS) is 16.3. The molecule has 1 aliphatic rings. The molecule has 0 aromatic carbocycles. The zero-order chi connectivity index (χ0) is 12.5. The van der Waals surface area contributed by atoms with Gasteiger partial charge in [-0.2, -0.15) is 0 Å². The molecule has 1 fully saturated rings. The van der Waals surface area contributed by atoms with Crippen molar-refractivity contribution in [2.24, 2.45) is 0 Å². The monoisotopic (exact) mass is 237 g/mol. The molecule has 6 heteroatoms. The van der Waals surface area contributed by atoms with Crippen LogP contribution in [0.3, 0.4) is 0 Å². The zero-order valence-corrected chi connectivity index (χ0v) is 10.3. The molecule has 92 valence electrons. The average Bonchev–Trinajstić information content (AvgIpc) is 2.85. The highest BCUT2D eigenvalue weighted by atomic mass is 16.6. The minimum atomic E-state index is -0.518. The van der Waals surface area contributed by atoms with E-state index in [1.54, 1.807) is 18.3 Å². The first-order chi connectivity index (χ1) is 7.97. The van der Waals surface area contributed by atoms with Crippen LogP contribution >= 0.6 is 0 Å². The van der Waals surface area contributed by atoms with Gasteiger partial charge in [-0.25, -0.2) is 4.79 Å². The van der Waals surface area contributed by atoms with E-state index in [2.05, 4.69) is 0 Å². The maximum atomic E-state index is 11.9. The van der Waals surface area contributed by atoms with Crippen LogP contribution in [0.25, 0.3) is 0 Å². The van der Waals surface area contributed by atoms with Crippen LogP contribution in [0.5, 0.6) is 0 Å². The zero-order valence-electron chi connectivity index (χ0n) is 10.3. The van der Waals surface area contributed by atoms with E-state index >= 15 is 0 Å². The Morgan fingerprint density at radius 2 is 2.06 bits per heavy atom. The number of nitrogens with zero attached hydrogens (tertiary/aromatic N) is 1. The molecular formula is C11H16BNO4. The molecular weight excluding hydrogens is 221 g/mol. The van der Waals surface area contributed by atoms with Gasteiger partial charge >= 0.3 is 13.2 Å². The lowest BCUT2D eigenvalue weighted by atomic mass is 9.85. The number of hydrogen-bond donors (Lipinski definition) is 0. The summed E-state index contributed by atoms with van der Waals surface area (Å²) in [4.78, 5) is 11.9. The van der Waals surface area contributed by atoms with Crippen LogP contribution < -0.4 is 5.59 Å². The van der Waals surface area contributed by atoms with Crippen LogP contribution in [0.4, 0.5) is 4.79 Å². The van der Waals surface area contributed by atoms with E-state index in [4.69, 9.17) is 14.0 Å². The number of ether oxygens (including phenoxy) is 1. The van der Waals surface area contributed by atoms with Gasteiger partial charge in [-0.05, 0) is 32.9 Å². The summed E-state index contributed by atoms with van der Waals surface area (Å²) in [7, 11) is -0.475. The Morgan fingerprint density at radius 3 is 2.65 bits per heavy atom. The fourth-order valence-electron chi connectivity index (χ4n) is 1.59. The lowest BCUT2D eigenvalue weighted by Gasteiger charge is -2.20. The Hall–Kier alpha value is -1.27. The van der Waals surface area contributed by atoms with Gasteiger partial charge in [-0.1, -0.05) is 0 Å². The first kappa shape index (κ1) is 12.2. The Kier molecular flexibility index (Phi) is 3.26. The average molecular weight is 237 g/mol. The molecule has 0 unspecified atom stereocenters. The van der Waals surface area contributed by atoms with Gasteiger partial charge in [0.25, 0.3) is 0 Å². The fourth-order valence-corrected chi connectivity index (χ4v) is 1.59. The molecule has 0 radical (unpaired) electrons. The summed E-state index contributed by atoms with van der Waals surface area (Å²) in [5, 5.41) is 0. The molecule has 0 N–H and O–H groups in total. The van der Waals surface area contributed by atoms with Crippen LogP contribution in [0.2, 0.25) is 0 Å². The topological polar surface area (TPSA) is 49.7 Å². The molecule has 0 aliphatic carbocycles. The third-order valence-electron chi connectivity index (χ3n) is 2.23. The molecule has 1 aromatic heterocycles. The Bertz CT molecular complexity index is 404. The van der Waals surface area contributed by atoms with E-state index in [9.17, 15) is 4.79 Å². The van der Waals surface area contributed by atoms with Crippen molar-refractivity contribution >= 4 is 18.8 Å². The summed E-state index contributed by atoms with van der Waals surface area (Å²) in [6.45, 7) is 6.58. The van der Waals surface area contributed by atoms with E-state index in [1.165, 1.54) is 4.57 Å². The fraction of sp³-hybridized carbons (Fsp3) is 0.545. The molecule has 0 atom stereocenters. The van der Waals surface area contributed by atoms with E-state index in [1.807, 2.05) is 20.8 Å². The molecule has 17 heavy (non-hydrogen) atoms. The van der Waals surface area contributed by atoms with Gasteiger partial charge in [0, 0.05) is 6.20 Å². The van der Waals surface area contributed by atoms with E-state index in [-0.39, 0.29) is 0 Å². The van der Waals surface area contributed by atoms with E-state index in [0.29, 0.717) is 18.8 Å². The van der Waals surface area contributed by atoms with Crippen LogP contribution in [0, 0.1) is 0 Å². The predicted molar refractivity (Wildman–Crippen MR) is 63.4 cm³/mol. The molecule has 2 heterocycles. The second-order valence-corrected chi connectivity index (χ2v) is 4.86. The van der Waals surface area contributed by atoms with Gasteiger partial charge in [0.15, 0.2) is 0 Å². The Balaban J connectivity index is 2.15. The summed E-state index contributed by atoms with van der Waals surface area (Å²) in [6.07, 6.45) is 1.23. The van der Waals surface area contributed by atoms with Gasteiger partial charge in [0.05, 0.1) is 18.8 Å². The number of carbonyl (C=O) groups excluding carboxylic acids is 1. The Morgan fingerprint density at radius 1 is 1.41 bits per heavy atom. The SMILES string of the molecule is CC(C)(C)OC(=O)n1cccc1B1OCCO1. The number of carbonyl (C=O) groups is 1.